The third-order valence-corrected chi connectivity index (χ3v) is 8.33. The summed E-state index contributed by atoms with van der Waals surface area (Å²) >= 11 is 0. The first kappa shape index (κ1) is 21.9. The number of hydrogen-bond acceptors (Lipinski definition) is 5. The summed E-state index contributed by atoms with van der Waals surface area (Å²) < 4.78 is 45.4. The van der Waals surface area contributed by atoms with Crippen molar-refractivity contribution >= 4 is 21.4 Å². The second-order valence-electron chi connectivity index (χ2n) is 8.04. The fraction of sp³-hybridized carbons (Fsp3) is 0.435. The lowest BCUT2D eigenvalue weighted by molar-refractivity contribution is -0.123. The second-order valence-corrected chi connectivity index (χ2v) is 10.3. The van der Waals surface area contributed by atoms with Gasteiger partial charge in [-0.15, -0.1) is 0 Å². The molecule has 31 heavy (non-hydrogen) atoms. The van der Waals surface area contributed by atoms with Crippen LogP contribution in [0.15, 0.2) is 53.4 Å². The molecule has 2 fully saturated rings. The molecule has 0 bridgehead atoms. The third kappa shape index (κ3) is 4.81. The van der Waals surface area contributed by atoms with E-state index in [1.54, 1.807) is 30.3 Å². The average Bonchev–Trinajstić information content (AvgIpc) is 3.32. The minimum Gasteiger partial charge on any atom is -0.379 e. The highest BCUT2D eigenvalue weighted by atomic mass is 32.2. The van der Waals surface area contributed by atoms with Gasteiger partial charge in [0.2, 0.25) is 5.91 Å². The molecule has 166 valence electrons. The number of benzene rings is 2. The maximum Gasteiger partial charge on any atom is 0.246 e. The molecule has 2 aliphatic rings. The largest absolute Gasteiger partial charge is 0.379 e. The predicted molar refractivity (Wildman–Crippen MR) is 116 cm³/mol. The van der Waals surface area contributed by atoms with E-state index in [4.69, 9.17) is 4.74 Å². The quantitative estimate of drug-likeness (QED) is 0.735. The normalized spacial score (nSPS) is 19.3. The van der Waals surface area contributed by atoms with Gasteiger partial charge in [-0.3, -0.25) is 9.69 Å². The van der Waals surface area contributed by atoms with Crippen LogP contribution in [0.4, 0.5) is 10.1 Å². The molecule has 0 spiro atoms. The van der Waals surface area contributed by atoms with E-state index in [2.05, 4.69) is 5.32 Å². The van der Waals surface area contributed by atoms with Crippen LogP contribution in [0.5, 0.6) is 0 Å². The van der Waals surface area contributed by atoms with E-state index in [0.29, 0.717) is 50.4 Å². The molecule has 0 unspecified atom stereocenters. The topological polar surface area (TPSA) is 75.7 Å². The highest BCUT2D eigenvalue weighted by Gasteiger charge is 2.32. The lowest BCUT2D eigenvalue weighted by atomic mass is 10.0. The minimum atomic E-state index is -3.35. The monoisotopic (exact) mass is 446 g/mol. The van der Waals surface area contributed by atoms with E-state index in [9.17, 15) is 17.6 Å². The van der Waals surface area contributed by atoms with Crippen LogP contribution >= 0.6 is 0 Å². The van der Waals surface area contributed by atoms with Gasteiger partial charge in [0.15, 0.2) is 9.84 Å². The molecule has 1 saturated carbocycles. The van der Waals surface area contributed by atoms with Crippen molar-refractivity contribution in [2.75, 3.05) is 31.6 Å². The highest BCUT2D eigenvalue weighted by molar-refractivity contribution is 7.92. The summed E-state index contributed by atoms with van der Waals surface area (Å²) in [5.41, 5.74) is 0.785. The number of rotatable bonds is 6. The predicted octanol–water partition coefficient (Wildman–Crippen LogP) is 3.55. The number of carbonyl (C=O) groups is 1. The number of morpholine rings is 1. The van der Waals surface area contributed by atoms with Crippen LogP contribution in [0.1, 0.15) is 37.3 Å². The highest BCUT2D eigenvalue weighted by Crippen LogP contribution is 2.31. The fourth-order valence-corrected chi connectivity index (χ4v) is 6.22. The molecule has 2 aromatic rings. The molecule has 0 aromatic heterocycles. The van der Waals surface area contributed by atoms with Crippen LogP contribution in [0, 0.1) is 5.82 Å². The molecular formula is C23H27FN2O4S. The molecule has 2 aromatic carbocycles. The van der Waals surface area contributed by atoms with Crippen LogP contribution in [0.2, 0.25) is 0 Å². The first-order chi connectivity index (χ1) is 15.0. The molecule has 0 radical (unpaired) electrons. The van der Waals surface area contributed by atoms with Crippen LogP contribution in [-0.2, 0) is 19.4 Å². The van der Waals surface area contributed by atoms with Crippen LogP contribution in [0.3, 0.4) is 0 Å². The number of nitrogens with zero attached hydrogens (tertiary/aromatic N) is 1. The van der Waals surface area contributed by atoms with Gasteiger partial charge < -0.3 is 10.1 Å². The number of carbonyl (C=O) groups excluding carboxylic acids is 1. The van der Waals surface area contributed by atoms with Crippen LogP contribution in [0.25, 0.3) is 0 Å². The van der Waals surface area contributed by atoms with E-state index in [1.807, 2.05) is 4.90 Å². The number of amides is 1. The Balaban J connectivity index is 1.54. The Kier molecular flexibility index (Phi) is 6.69. The molecule has 1 saturated heterocycles. The van der Waals surface area contributed by atoms with Crippen molar-refractivity contribution in [3.05, 3.63) is 59.9 Å². The first-order valence-electron chi connectivity index (χ1n) is 10.7. The molecule has 6 nitrogen and oxygen atoms in total. The standard InChI is InChI=1S/C23H27FN2O4S/c24-21-8-4-3-7-20(21)22(26-13-15-30-16-14-26)23(27)25-17-9-11-19(12-10-17)31(28,29)18-5-1-2-6-18/h3-4,7-12,18,22H,1-2,5-6,13-16H2,(H,25,27)/t22-/m0/s1. The van der Waals surface area contributed by atoms with Gasteiger partial charge in [0.05, 0.1) is 23.4 Å². The SMILES string of the molecule is O=C(Nc1ccc(S(=O)(=O)C2CCCC2)cc1)[C@H](c1ccccc1F)N1CCOCC1. The van der Waals surface area contributed by atoms with Gasteiger partial charge in [-0.05, 0) is 43.2 Å². The van der Waals surface area contributed by atoms with Crippen molar-refractivity contribution in [2.24, 2.45) is 0 Å². The summed E-state index contributed by atoms with van der Waals surface area (Å²) in [6.07, 6.45) is 3.28. The van der Waals surface area contributed by atoms with Crippen molar-refractivity contribution in [3.63, 3.8) is 0 Å². The van der Waals surface area contributed by atoms with Gasteiger partial charge in [-0.25, -0.2) is 12.8 Å². The first-order valence-corrected chi connectivity index (χ1v) is 12.2. The summed E-state index contributed by atoms with van der Waals surface area (Å²) in [6.45, 7) is 1.99. The van der Waals surface area contributed by atoms with Gasteiger partial charge >= 0.3 is 0 Å². The van der Waals surface area contributed by atoms with Crippen molar-refractivity contribution in [2.45, 2.75) is 41.9 Å². The van der Waals surface area contributed by atoms with E-state index < -0.39 is 21.7 Å². The Morgan fingerprint density at radius 2 is 1.68 bits per heavy atom. The number of anilines is 1. The lowest BCUT2D eigenvalue weighted by Gasteiger charge is -2.34. The van der Waals surface area contributed by atoms with Gasteiger partial charge in [0, 0.05) is 24.3 Å². The van der Waals surface area contributed by atoms with Crippen LogP contribution in [-0.4, -0.2) is 50.8 Å². The molecule has 4 rings (SSSR count). The zero-order valence-electron chi connectivity index (χ0n) is 17.3. The summed E-state index contributed by atoms with van der Waals surface area (Å²) in [7, 11) is -3.35. The van der Waals surface area contributed by atoms with Crippen molar-refractivity contribution in [3.8, 4) is 0 Å². The van der Waals surface area contributed by atoms with E-state index in [0.717, 1.165) is 12.8 Å². The molecule has 1 aliphatic carbocycles. The summed E-state index contributed by atoms with van der Waals surface area (Å²) in [6, 6.07) is 11.7. The molecule has 1 atom stereocenters. The van der Waals surface area contributed by atoms with Crippen LogP contribution < -0.4 is 5.32 Å². The van der Waals surface area contributed by atoms with E-state index in [1.165, 1.54) is 18.2 Å². The van der Waals surface area contributed by atoms with Gasteiger partial charge in [-0.1, -0.05) is 31.0 Å². The fourth-order valence-electron chi connectivity index (χ4n) is 4.37. The lowest BCUT2D eigenvalue weighted by Crippen LogP contribution is -2.44. The Labute approximate surface area is 182 Å². The minimum absolute atomic E-state index is 0.274. The second kappa shape index (κ2) is 9.46. The Bertz CT molecular complexity index is 1010. The van der Waals surface area contributed by atoms with Crippen molar-refractivity contribution in [1.82, 2.24) is 4.90 Å². The van der Waals surface area contributed by atoms with Gasteiger partial charge in [0.1, 0.15) is 11.9 Å². The van der Waals surface area contributed by atoms with Gasteiger partial charge in [-0.2, -0.15) is 0 Å². The molecule has 8 heteroatoms. The zero-order valence-corrected chi connectivity index (χ0v) is 18.1. The molecular weight excluding hydrogens is 419 g/mol. The smallest absolute Gasteiger partial charge is 0.246 e. The maximum absolute atomic E-state index is 14.5. The Hall–Kier alpha value is -2.29. The number of ether oxygens (including phenoxy) is 1. The zero-order chi connectivity index (χ0) is 21.8. The number of sulfone groups is 1. The Morgan fingerprint density at radius 1 is 1.03 bits per heavy atom. The number of halogens is 1. The summed E-state index contributed by atoms with van der Waals surface area (Å²) in [5, 5.41) is 2.51. The van der Waals surface area contributed by atoms with Gasteiger partial charge in [0.25, 0.3) is 0 Å². The van der Waals surface area contributed by atoms with Crippen molar-refractivity contribution < 1.29 is 22.3 Å². The summed E-state index contributed by atoms with van der Waals surface area (Å²) in [5.74, 6) is -0.800. The molecule has 1 N–H and O–H groups in total. The third-order valence-electron chi connectivity index (χ3n) is 6.05. The molecule has 1 heterocycles. The van der Waals surface area contributed by atoms with E-state index in [-0.39, 0.29) is 16.1 Å². The maximum atomic E-state index is 14.5. The van der Waals surface area contributed by atoms with Crippen molar-refractivity contribution in [1.29, 1.82) is 0 Å². The molecule has 1 amide bonds. The Morgan fingerprint density at radius 3 is 2.32 bits per heavy atom. The number of nitrogens with one attached hydrogen (secondary N) is 1. The van der Waals surface area contributed by atoms with E-state index >= 15 is 0 Å². The molecule has 1 aliphatic heterocycles. The average molecular weight is 447 g/mol. The summed E-state index contributed by atoms with van der Waals surface area (Å²) in [4.78, 5) is 15.4. The number of hydrogen-bond donors (Lipinski definition) is 1.